The Hall–Kier alpha value is -2.67. The number of likely N-dealkylation sites (tertiary alicyclic amines) is 1. The molecule has 0 bridgehead atoms. The Morgan fingerprint density at radius 1 is 1.25 bits per heavy atom. The zero-order valence-electron chi connectivity index (χ0n) is 16.0. The third-order valence-electron chi connectivity index (χ3n) is 5.48. The molecule has 1 N–H and O–H groups in total. The summed E-state index contributed by atoms with van der Waals surface area (Å²) in [5.74, 6) is 1.54. The number of amides is 2. The van der Waals surface area contributed by atoms with Crippen molar-refractivity contribution in [2.24, 2.45) is 0 Å². The van der Waals surface area contributed by atoms with Crippen LogP contribution in [0.5, 0.6) is 0 Å². The molecular formula is C21H26N4O3. The minimum atomic E-state index is 0.103. The Morgan fingerprint density at radius 2 is 2.11 bits per heavy atom. The summed E-state index contributed by atoms with van der Waals surface area (Å²) in [4.78, 5) is 33.0. The van der Waals surface area contributed by atoms with E-state index in [-0.39, 0.29) is 17.9 Å². The van der Waals surface area contributed by atoms with Crippen molar-refractivity contribution < 1.29 is 14.0 Å². The number of hydrogen-bond acceptors (Lipinski definition) is 5. The molecule has 148 valence electrons. The van der Waals surface area contributed by atoms with Crippen LogP contribution < -0.4 is 5.32 Å². The van der Waals surface area contributed by atoms with E-state index < -0.39 is 0 Å². The van der Waals surface area contributed by atoms with Gasteiger partial charge in [-0.15, -0.1) is 0 Å². The highest BCUT2D eigenvalue weighted by atomic mass is 16.4. The van der Waals surface area contributed by atoms with Crippen molar-refractivity contribution in [1.82, 2.24) is 20.1 Å². The molecule has 1 atom stereocenters. The lowest BCUT2D eigenvalue weighted by Gasteiger charge is -2.41. The molecule has 0 aliphatic carbocycles. The van der Waals surface area contributed by atoms with Gasteiger partial charge in [-0.1, -0.05) is 30.3 Å². The summed E-state index contributed by atoms with van der Waals surface area (Å²) in [7, 11) is 0. The van der Waals surface area contributed by atoms with Gasteiger partial charge in [0.1, 0.15) is 0 Å². The number of nitrogens with one attached hydrogen (secondary N) is 1. The molecule has 28 heavy (non-hydrogen) atoms. The van der Waals surface area contributed by atoms with Crippen molar-refractivity contribution in [1.29, 1.82) is 0 Å². The molecule has 0 saturated carbocycles. The maximum atomic E-state index is 12.7. The van der Waals surface area contributed by atoms with Gasteiger partial charge < -0.3 is 19.5 Å². The van der Waals surface area contributed by atoms with Crippen LogP contribution in [0, 0.1) is 0 Å². The van der Waals surface area contributed by atoms with E-state index in [9.17, 15) is 9.59 Å². The molecular weight excluding hydrogens is 356 g/mol. The van der Waals surface area contributed by atoms with Crippen LogP contribution in [0.1, 0.15) is 25.2 Å². The number of nitrogens with zero attached hydrogens (tertiary/aromatic N) is 3. The summed E-state index contributed by atoms with van der Waals surface area (Å²) >= 11 is 0. The largest absolute Gasteiger partial charge is 0.441 e. The van der Waals surface area contributed by atoms with Gasteiger partial charge in [0.25, 0.3) is 0 Å². The first-order chi connectivity index (χ1) is 13.7. The number of aromatic nitrogens is 1. The van der Waals surface area contributed by atoms with E-state index in [0.29, 0.717) is 31.8 Å². The van der Waals surface area contributed by atoms with Gasteiger partial charge in [0.2, 0.25) is 11.8 Å². The topological polar surface area (TPSA) is 78.7 Å². The lowest BCUT2D eigenvalue weighted by Crippen LogP contribution is -2.57. The van der Waals surface area contributed by atoms with Crippen molar-refractivity contribution in [3.63, 3.8) is 0 Å². The van der Waals surface area contributed by atoms with Gasteiger partial charge in [0, 0.05) is 50.6 Å². The minimum absolute atomic E-state index is 0.103. The minimum Gasteiger partial charge on any atom is -0.441 e. The molecule has 1 aromatic heterocycles. The average molecular weight is 382 g/mol. The molecule has 1 unspecified atom stereocenters. The highest BCUT2D eigenvalue weighted by molar-refractivity contribution is 5.80. The Labute approximate surface area is 164 Å². The van der Waals surface area contributed by atoms with Gasteiger partial charge in [0.15, 0.2) is 11.7 Å². The molecule has 2 aliphatic rings. The molecule has 3 heterocycles. The van der Waals surface area contributed by atoms with E-state index in [2.05, 4.69) is 10.3 Å². The van der Waals surface area contributed by atoms with E-state index in [1.54, 1.807) is 6.20 Å². The molecule has 1 aromatic carbocycles. The number of carbonyl (C=O) groups is 2. The van der Waals surface area contributed by atoms with Crippen LogP contribution in [0.4, 0.5) is 0 Å². The molecule has 7 nitrogen and oxygen atoms in total. The number of aryl methyl sites for hydroxylation is 1. The number of piperazine rings is 1. The first kappa shape index (κ1) is 18.7. The highest BCUT2D eigenvalue weighted by Gasteiger charge is 2.31. The summed E-state index contributed by atoms with van der Waals surface area (Å²) in [6.45, 7) is 3.34. The van der Waals surface area contributed by atoms with Gasteiger partial charge in [-0.3, -0.25) is 9.59 Å². The van der Waals surface area contributed by atoms with Crippen LogP contribution in [0.25, 0.3) is 11.3 Å². The first-order valence-corrected chi connectivity index (χ1v) is 9.99. The first-order valence-electron chi connectivity index (χ1n) is 9.99. The molecule has 2 aromatic rings. The summed E-state index contributed by atoms with van der Waals surface area (Å²) in [5.41, 5.74) is 0.979. The number of carbonyl (C=O) groups excluding carboxylic acids is 2. The van der Waals surface area contributed by atoms with Crippen LogP contribution in [0.3, 0.4) is 0 Å². The molecule has 2 aliphatic heterocycles. The smallest absolute Gasteiger partial charge is 0.236 e. The maximum absolute atomic E-state index is 12.7. The normalized spacial score (nSPS) is 20.4. The van der Waals surface area contributed by atoms with Crippen molar-refractivity contribution >= 4 is 11.8 Å². The molecule has 0 spiro atoms. The SMILES string of the molecule is O=C(CCc1ncc(-c2ccccc2)o1)N1CCCC(N2CCNCC2=O)C1. The van der Waals surface area contributed by atoms with Crippen molar-refractivity contribution in [2.75, 3.05) is 32.7 Å². The van der Waals surface area contributed by atoms with Gasteiger partial charge >= 0.3 is 0 Å². The molecule has 2 amide bonds. The van der Waals surface area contributed by atoms with Gasteiger partial charge in [-0.05, 0) is 12.8 Å². The van der Waals surface area contributed by atoms with Crippen molar-refractivity contribution in [2.45, 2.75) is 31.7 Å². The van der Waals surface area contributed by atoms with Gasteiger partial charge in [0.05, 0.1) is 12.7 Å². The predicted molar refractivity (Wildman–Crippen MR) is 104 cm³/mol. The number of piperidine rings is 1. The zero-order chi connectivity index (χ0) is 19.3. The lowest BCUT2D eigenvalue weighted by atomic mass is 10.0. The Balaban J connectivity index is 1.31. The third-order valence-corrected chi connectivity index (χ3v) is 5.48. The average Bonchev–Trinajstić information content (AvgIpc) is 3.22. The zero-order valence-corrected chi connectivity index (χ0v) is 16.0. The van der Waals surface area contributed by atoms with Crippen LogP contribution in [0.2, 0.25) is 0 Å². The van der Waals surface area contributed by atoms with Crippen LogP contribution in [0.15, 0.2) is 40.9 Å². The number of rotatable bonds is 5. The van der Waals surface area contributed by atoms with Crippen LogP contribution in [-0.2, 0) is 16.0 Å². The predicted octanol–water partition coefficient (Wildman–Crippen LogP) is 1.70. The van der Waals surface area contributed by atoms with Crippen molar-refractivity contribution in [3.05, 3.63) is 42.4 Å². The highest BCUT2D eigenvalue weighted by Crippen LogP contribution is 2.21. The van der Waals surface area contributed by atoms with Crippen LogP contribution >= 0.6 is 0 Å². The van der Waals surface area contributed by atoms with E-state index in [4.69, 9.17) is 4.42 Å². The fourth-order valence-electron chi connectivity index (χ4n) is 3.98. The number of hydrogen-bond donors (Lipinski definition) is 1. The van der Waals surface area contributed by atoms with Crippen molar-refractivity contribution in [3.8, 4) is 11.3 Å². The summed E-state index contributed by atoms with van der Waals surface area (Å²) in [5, 5.41) is 3.10. The maximum Gasteiger partial charge on any atom is 0.236 e. The fourth-order valence-corrected chi connectivity index (χ4v) is 3.98. The van der Waals surface area contributed by atoms with Crippen LogP contribution in [-0.4, -0.2) is 65.4 Å². The van der Waals surface area contributed by atoms with E-state index in [1.165, 1.54) is 0 Å². The number of benzene rings is 1. The quantitative estimate of drug-likeness (QED) is 0.852. The Bertz CT molecular complexity index is 820. The monoisotopic (exact) mass is 382 g/mol. The standard InChI is InChI=1S/C21H26N4O3/c26-20(9-8-19-23-13-18(28-19)16-5-2-1-3-6-16)24-11-4-7-17(15-24)25-12-10-22-14-21(25)27/h1-3,5-6,13,17,22H,4,7-12,14-15H2. The third kappa shape index (κ3) is 4.25. The molecule has 4 rings (SSSR count). The van der Waals surface area contributed by atoms with E-state index >= 15 is 0 Å². The van der Waals surface area contributed by atoms with Gasteiger partial charge in [-0.2, -0.15) is 0 Å². The van der Waals surface area contributed by atoms with Gasteiger partial charge in [-0.25, -0.2) is 4.98 Å². The second-order valence-corrected chi connectivity index (χ2v) is 7.38. The molecule has 7 heteroatoms. The second-order valence-electron chi connectivity index (χ2n) is 7.38. The summed E-state index contributed by atoms with van der Waals surface area (Å²) < 4.78 is 5.80. The molecule has 0 radical (unpaired) electrons. The number of oxazole rings is 1. The summed E-state index contributed by atoms with van der Waals surface area (Å²) in [6, 6.07) is 9.95. The molecule has 2 saturated heterocycles. The van der Waals surface area contributed by atoms with E-state index in [0.717, 1.165) is 43.8 Å². The Kier molecular flexibility index (Phi) is 5.71. The summed E-state index contributed by atoms with van der Waals surface area (Å²) in [6.07, 6.45) is 4.47. The fraction of sp³-hybridized carbons (Fsp3) is 0.476. The van der Waals surface area contributed by atoms with E-state index in [1.807, 2.05) is 40.1 Å². The molecule has 2 fully saturated rings. The lowest BCUT2D eigenvalue weighted by molar-refractivity contribution is -0.140. The second kappa shape index (κ2) is 8.56. The Morgan fingerprint density at radius 3 is 2.93 bits per heavy atom.